The van der Waals surface area contributed by atoms with Gasteiger partial charge in [0.1, 0.15) is 5.75 Å². The van der Waals surface area contributed by atoms with Crippen molar-refractivity contribution in [2.24, 2.45) is 0 Å². The number of rotatable bonds is 5. The molecule has 0 saturated heterocycles. The standard InChI is InChI=1S/C15H24N2O2S.Y/c1-7-13(17(4,5)20)15(18)16-14-10(2)8-12(19-6)9-11(14)3;/h8-9,13H,7H2,1-6H3,(H,16,18);. The van der Waals surface area contributed by atoms with E-state index in [4.69, 9.17) is 17.6 Å². The Morgan fingerprint density at radius 1 is 1.33 bits per heavy atom. The zero-order valence-electron chi connectivity index (χ0n) is 13.7. The van der Waals surface area contributed by atoms with Crippen LogP contribution in [0.3, 0.4) is 0 Å². The van der Waals surface area contributed by atoms with Crippen LogP contribution in [0.2, 0.25) is 0 Å². The van der Waals surface area contributed by atoms with Crippen molar-refractivity contribution in [1.29, 1.82) is 0 Å². The molecule has 6 heteroatoms. The fourth-order valence-electron chi connectivity index (χ4n) is 2.35. The maximum atomic E-state index is 12.4. The molecule has 0 aliphatic heterocycles. The first-order valence-corrected chi connectivity index (χ1v) is 7.08. The van der Waals surface area contributed by atoms with Gasteiger partial charge in [-0.05, 0) is 37.1 Å². The molecular weight excluding hydrogens is 361 g/mol. The Bertz CT molecular complexity index is 478. The van der Waals surface area contributed by atoms with E-state index < -0.39 is 0 Å². The fourth-order valence-corrected chi connectivity index (χ4v) is 2.60. The summed E-state index contributed by atoms with van der Waals surface area (Å²) in [6.45, 7) is 5.89. The van der Waals surface area contributed by atoms with Gasteiger partial charge in [-0.3, -0.25) is 4.79 Å². The average Bonchev–Trinajstić information content (AvgIpc) is 2.32. The number of likely N-dealkylation sites (N-methyl/N-ethyl adjacent to an activating group) is 1. The number of nitrogens with zero attached hydrogens (tertiary/aromatic N) is 1. The van der Waals surface area contributed by atoms with E-state index in [0.717, 1.165) is 22.6 Å². The first-order chi connectivity index (χ1) is 9.20. The Morgan fingerprint density at radius 3 is 2.14 bits per heavy atom. The summed E-state index contributed by atoms with van der Waals surface area (Å²) in [5.41, 5.74) is 2.82. The molecule has 0 saturated carbocycles. The molecule has 1 aromatic rings. The minimum atomic E-state index is -0.245. The third-order valence-corrected chi connectivity index (χ3v) is 3.68. The number of amides is 1. The molecule has 0 aliphatic rings. The molecule has 1 N–H and O–H groups in total. The minimum absolute atomic E-state index is 0. The van der Waals surface area contributed by atoms with Gasteiger partial charge in [0, 0.05) is 44.8 Å². The molecule has 1 radical (unpaired) electrons. The largest absolute Gasteiger partial charge is 0.497 e. The predicted molar refractivity (Wildman–Crippen MR) is 84.7 cm³/mol. The van der Waals surface area contributed by atoms with E-state index in [2.05, 4.69) is 5.32 Å². The van der Waals surface area contributed by atoms with Crippen LogP contribution in [0.1, 0.15) is 24.5 Å². The summed E-state index contributed by atoms with van der Waals surface area (Å²) >= 11 is 5.36. The van der Waals surface area contributed by atoms with Crippen molar-refractivity contribution < 1.29 is 46.1 Å². The van der Waals surface area contributed by atoms with Crippen LogP contribution >= 0.6 is 0 Å². The molecule has 4 nitrogen and oxygen atoms in total. The quantitative estimate of drug-likeness (QED) is 0.626. The van der Waals surface area contributed by atoms with Crippen LogP contribution in [0.4, 0.5) is 5.69 Å². The van der Waals surface area contributed by atoms with E-state index in [9.17, 15) is 4.79 Å². The smallest absolute Gasteiger partial charge is 0.281 e. The molecule has 1 amide bonds. The normalized spacial score (nSPS) is 12.3. The van der Waals surface area contributed by atoms with E-state index in [0.29, 0.717) is 6.42 Å². The number of methoxy groups -OCH3 is 1. The molecule has 0 aliphatic carbocycles. The van der Waals surface area contributed by atoms with E-state index >= 15 is 0 Å². The number of benzene rings is 1. The number of hydrogen-bond acceptors (Lipinski definition) is 3. The van der Waals surface area contributed by atoms with Crippen molar-refractivity contribution in [2.45, 2.75) is 33.2 Å². The topological polar surface area (TPSA) is 38.3 Å². The van der Waals surface area contributed by atoms with E-state index in [1.165, 1.54) is 0 Å². The van der Waals surface area contributed by atoms with Crippen LogP contribution in [0.15, 0.2) is 12.1 Å². The first kappa shape index (κ1) is 20.9. The fraction of sp³-hybridized carbons (Fsp3) is 0.533. The summed E-state index contributed by atoms with van der Waals surface area (Å²) in [4.78, 5) is 12.4. The Kier molecular flexibility index (Phi) is 8.47. The van der Waals surface area contributed by atoms with Crippen LogP contribution < -0.4 is 10.1 Å². The summed E-state index contributed by atoms with van der Waals surface area (Å²) in [6.07, 6.45) is 0.705. The van der Waals surface area contributed by atoms with Crippen molar-refractivity contribution in [1.82, 2.24) is 0 Å². The summed E-state index contributed by atoms with van der Waals surface area (Å²) < 4.78 is 5.43. The van der Waals surface area contributed by atoms with Gasteiger partial charge in [0.05, 0.1) is 21.2 Å². The van der Waals surface area contributed by atoms with E-state index in [1.54, 1.807) is 7.11 Å². The van der Waals surface area contributed by atoms with Crippen molar-refractivity contribution in [3.05, 3.63) is 23.3 Å². The molecule has 1 atom stereocenters. The third-order valence-electron chi connectivity index (χ3n) is 3.43. The first-order valence-electron chi connectivity index (χ1n) is 6.71. The van der Waals surface area contributed by atoms with Gasteiger partial charge in [-0.25, -0.2) is 0 Å². The molecule has 1 rings (SSSR count). The van der Waals surface area contributed by atoms with Crippen molar-refractivity contribution >= 4 is 24.4 Å². The molecule has 1 aromatic carbocycles. The minimum Gasteiger partial charge on any atom is -0.497 e. The van der Waals surface area contributed by atoms with Crippen LogP contribution in [0.5, 0.6) is 5.75 Å². The van der Waals surface area contributed by atoms with Gasteiger partial charge in [0.2, 0.25) is 0 Å². The Balaban J connectivity index is 0.00000400. The maximum absolute atomic E-state index is 12.4. The summed E-state index contributed by atoms with van der Waals surface area (Å²) in [7, 11) is 5.35. The van der Waals surface area contributed by atoms with Gasteiger partial charge in [-0.2, -0.15) is 0 Å². The Hall–Kier alpha value is -0.0961. The second kappa shape index (κ2) is 8.51. The second-order valence-corrected chi connectivity index (χ2v) is 6.42. The predicted octanol–water partition coefficient (Wildman–Crippen LogP) is 2.56. The summed E-state index contributed by atoms with van der Waals surface area (Å²) in [5, 5.41) is 3.01. The molecule has 0 bridgehead atoms. The number of carbonyl (C=O) groups excluding carboxylic acids is 1. The zero-order valence-corrected chi connectivity index (χ0v) is 17.3. The Labute approximate surface area is 158 Å². The molecule has 0 heterocycles. The van der Waals surface area contributed by atoms with Crippen LogP contribution in [-0.4, -0.2) is 37.0 Å². The second-order valence-electron chi connectivity index (χ2n) is 5.48. The molecule has 0 fully saturated rings. The van der Waals surface area contributed by atoms with Gasteiger partial charge in [0.15, 0.2) is 6.04 Å². The summed E-state index contributed by atoms with van der Waals surface area (Å²) in [6, 6.07) is 3.58. The van der Waals surface area contributed by atoms with Crippen LogP contribution in [0, 0.1) is 13.8 Å². The number of anilines is 1. The summed E-state index contributed by atoms with van der Waals surface area (Å²) in [5.74, 6) is 0.758. The van der Waals surface area contributed by atoms with Crippen LogP contribution in [-0.2, 0) is 50.3 Å². The molecule has 21 heavy (non-hydrogen) atoms. The number of hydrogen-bond donors (Lipinski definition) is 1. The van der Waals surface area contributed by atoms with E-state index in [1.807, 2.05) is 47.0 Å². The van der Waals surface area contributed by atoms with Gasteiger partial charge < -0.3 is 26.8 Å². The van der Waals surface area contributed by atoms with Gasteiger partial charge >= 0.3 is 0 Å². The number of nitrogens with one attached hydrogen (secondary N) is 1. The van der Waals surface area contributed by atoms with Crippen LogP contribution in [0.25, 0.3) is 0 Å². The van der Waals surface area contributed by atoms with Gasteiger partial charge in [0.25, 0.3) is 5.91 Å². The Morgan fingerprint density at radius 2 is 1.81 bits per heavy atom. The number of quaternary nitrogens is 1. The molecular formula is C15H24N2O2SY. The number of carbonyl (C=O) groups is 1. The monoisotopic (exact) mass is 385 g/mol. The SMILES string of the molecule is CCC(C(=O)Nc1c(C)cc(OC)cc1C)[N+](C)(C)[S-].[Y]. The number of aryl methyl sites for hydroxylation is 2. The molecule has 115 valence electrons. The molecule has 1 unspecified atom stereocenters. The third kappa shape index (κ3) is 5.55. The molecule has 0 aromatic heterocycles. The van der Waals surface area contributed by atoms with E-state index in [-0.39, 0.29) is 48.5 Å². The average molecular weight is 385 g/mol. The van der Waals surface area contributed by atoms with Crippen molar-refractivity contribution in [3.63, 3.8) is 0 Å². The van der Waals surface area contributed by atoms with Crippen molar-refractivity contribution in [2.75, 3.05) is 26.5 Å². The molecule has 0 spiro atoms. The van der Waals surface area contributed by atoms with Gasteiger partial charge in [-0.15, -0.1) is 0 Å². The maximum Gasteiger partial charge on any atom is 0.281 e. The number of ether oxygens (including phenoxy) is 1. The zero-order chi connectivity index (χ0) is 15.5. The van der Waals surface area contributed by atoms with Gasteiger partial charge in [-0.1, -0.05) is 6.92 Å². The van der Waals surface area contributed by atoms with Crippen molar-refractivity contribution in [3.8, 4) is 5.75 Å².